The van der Waals surface area contributed by atoms with E-state index in [1.807, 2.05) is 0 Å². The van der Waals surface area contributed by atoms with Crippen LogP contribution in [-0.4, -0.2) is 6.47 Å². The first-order chi connectivity index (χ1) is 3.41. The molecule has 0 atom stereocenters. The third kappa shape index (κ3) is 4.95. The minimum Gasteiger partial charge on any atom is -0.437 e. The number of rotatable bonds is 3. The fourth-order valence-electron chi connectivity index (χ4n) is 0.133. The molecule has 38 valence electrons. The van der Waals surface area contributed by atoms with Gasteiger partial charge >= 0.3 is 0 Å². The van der Waals surface area contributed by atoms with Crippen molar-refractivity contribution < 1.29 is 9.53 Å². The van der Waals surface area contributed by atoms with Gasteiger partial charge in [-0.3, -0.25) is 4.79 Å². The van der Waals surface area contributed by atoms with Crippen LogP contribution in [0.2, 0.25) is 0 Å². The maximum atomic E-state index is 9.37. The predicted octanol–water partition coefficient (Wildman–Crippen LogP) is 0.859. The van der Waals surface area contributed by atoms with Crippen molar-refractivity contribution in [2.45, 2.75) is 0 Å². The zero-order valence-electron chi connectivity index (χ0n) is 3.83. The van der Waals surface area contributed by atoms with Crippen molar-refractivity contribution in [3.63, 3.8) is 0 Å². The van der Waals surface area contributed by atoms with Gasteiger partial charge < -0.3 is 4.74 Å². The van der Waals surface area contributed by atoms with E-state index in [9.17, 15) is 4.79 Å². The van der Waals surface area contributed by atoms with Crippen LogP contribution in [0, 0.1) is 0 Å². The average molecular weight is 98.1 g/mol. The number of hydrogen-bond acceptors (Lipinski definition) is 2. The molecule has 0 heterocycles. The van der Waals surface area contributed by atoms with E-state index in [1.54, 1.807) is 0 Å². The molecule has 0 saturated carbocycles. The Morgan fingerprint density at radius 2 is 2.29 bits per heavy atom. The molecule has 7 heavy (non-hydrogen) atoms. The summed E-state index contributed by atoms with van der Waals surface area (Å²) < 4.78 is 4.14. The third-order valence-corrected chi connectivity index (χ3v) is 0.349. The first-order valence-electron chi connectivity index (χ1n) is 1.78. The molecule has 0 N–H and O–H groups in total. The van der Waals surface area contributed by atoms with Crippen LogP contribution in [0.4, 0.5) is 0 Å². The van der Waals surface area contributed by atoms with Crippen molar-refractivity contribution in [1.82, 2.24) is 0 Å². The molecule has 0 radical (unpaired) electrons. The van der Waals surface area contributed by atoms with Crippen LogP contribution in [-0.2, 0) is 9.53 Å². The van der Waals surface area contributed by atoms with Crippen molar-refractivity contribution in [2.24, 2.45) is 0 Å². The summed E-state index contributed by atoms with van der Waals surface area (Å²) in [7, 11) is 0. The second-order valence-corrected chi connectivity index (χ2v) is 0.797. The molecule has 0 aromatic heterocycles. The molecular formula is C5H6O2. The molecule has 0 fully saturated rings. The van der Waals surface area contributed by atoms with Gasteiger partial charge in [0.05, 0.1) is 6.26 Å². The van der Waals surface area contributed by atoms with E-state index in [2.05, 4.69) is 11.3 Å². The van der Waals surface area contributed by atoms with Crippen molar-refractivity contribution in [1.29, 1.82) is 0 Å². The van der Waals surface area contributed by atoms with E-state index >= 15 is 0 Å². The summed E-state index contributed by atoms with van der Waals surface area (Å²) in [4.78, 5) is 9.37. The lowest BCUT2D eigenvalue weighted by molar-refractivity contribution is -0.123. The van der Waals surface area contributed by atoms with Crippen molar-refractivity contribution in [3.05, 3.63) is 25.0 Å². The van der Waals surface area contributed by atoms with Gasteiger partial charge in [-0.05, 0) is 6.08 Å². The quantitative estimate of drug-likeness (QED) is 0.297. The highest BCUT2D eigenvalue weighted by Gasteiger charge is 1.60. The van der Waals surface area contributed by atoms with Crippen molar-refractivity contribution >= 4 is 6.47 Å². The molecule has 0 amide bonds. The lowest BCUT2D eigenvalue weighted by Gasteiger charge is -1.76. The third-order valence-electron chi connectivity index (χ3n) is 0.349. The number of ether oxygens (including phenoxy) is 1. The van der Waals surface area contributed by atoms with Crippen molar-refractivity contribution in [2.75, 3.05) is 0 Å². The SMILES string of the molecule is C=C/C=C/OC=O. The van der Waals surface area contributed by atoms with Gasteiger partial charge in [0.15, 0.2) is 0 Å². The average Bonchev–Trinajstić information content (AvgIpc) is 1.69. The summed E-state index contributed by atoms with van der Waals surface area (Å²) in [6.07, 6.45) is 4.29. The normalized spacial score (nSPS) is 8.57. The molecule has 0 aromatic carbocycles. The Hall–Kier alpha value is -1.05. The standard InChI is InChI=1S/C5H6O2/c1-2-3-4-7-5-6/h2-5H,1H2/b4-3+. The van der Waals surface area contributed by atoms with Gasteiger partial charge in [0.2, 0.25) is 0 Å². The van der Waals surface area contributed by atoms with Gasteiger partial charge in [-0.1, -0.05) is 12.7 Å². The molecule has 0 rings (SSSR count). The zero-order valence-corrected chi connectivity index (χ0v) is 3.83. The molecule has 0 aliphatic rings. The Morgan fingerprint density at radius 1 is 1.57 bits per heavy atom. The summed E-state index contributed by atoms with van der Waals surface area (Å²) in [6.45, 7) is 3.70. The monoisotopic (exact) mass is 98.0 g/mol. The van der Waals surface area contributed by atoms with Gasteiger partial charge in [0, 0.05) is 0 Å². The molecular weight excluding hydrogens is 92.1 g/mol. The Morgan fingerprint density at radius 3 is 2.71 bits per heavy atom. The minimum atomic E-state index is 0.347. The Balaban J connectivity index is 3.08. The predicted molar refractivity (Wildman–Crippen MR) is 26.5 cm³/mol. The van der Waals surface area contributed by atoms with Crippen LogP contribution in [0.25, 0.3) is 0 Å². The van der Waals surface area contributed by atoms with Crippen LogP contribution in [0.15, 0.2) is 25.0 Å². The highest BCUT2D eigenvalue weighted by molar-refractivity contribution is 5.38. The molecule has 0 aliphatic heterocycles. The topological polar surface area (TPSA) is 26.3 Å². The van der Waals surface area contributed by atoms with Gasteiger partial charge in [0.25, 0.3) is 6.47 Å². The molecule has 0 aromatic rings. The molecule has 2 heteroatoms. The van der Waals surface area contributed by atoms with E-state index in [-0.39, 0.29) is 0 Å². The van der Waals surface area contributed by atoms with Gasteiger partial charge in [-0.2, -0.15) is 0 Å². The molecule has 0 bridgehead atoms. The second kappa shape index (κ2) is 4.95. The fraction of sp³-hybridized carbons (Fsp3) is 0. The van der Waals surface area contributed by atoms with Crippen molar-refractivity contribution in [3.8, 4) is 0 Å². The summed E-state index contributed by atoms with van der Waals surface area (Å²) in [6, 6.07) is 0. The van der Waals surface area contributed by atoms with Crippen LogP contribution in [0.5, 0.6) is 0 Å². The molecule has 2 nitrogen and oxygen atoms in total. The first kappa shape index (κ1) is 5.95. The van der Waals surface area contributed by atoms with Gasteiger partial charge in [-0.15, -0.1) is 0 Å². The highest BCUT2D eigenvalue weighted by atomic mass is 16.5. The number of carbonyl (C=O) groups is 1. The second-order valence-electron chi connectivity index (χ2n) is 0.797. The maximum absolute atomic E-state index is 9.37. The number of carbonyl (C=O) groups excluding carboxylic acids is 1. The maximum Gasteiger partial charge on any atom is 0.297 e. The van der Waals surface area contributed by atoms with E-state index in [4.69, 9.17) is 0 Å². The highest BCUT2D eigenvalue weighted by Crippen LogP contribution is 1.70. The molecule has 0 spiro atoms. The fourth-order valence-corrected chi connectivity index (χ4v) is 0.133. The van der Waals surface area contributed by atoms with Crippen LogP contribution < -0.4 is 0 Å². The van der Waals surface area contributed by atoms with E-state index < -0.39 is 0 Å². The van der Waals surface area contributed by atoms with E-state index in [0.717, 1.165) is 0 Å². The smallest absolute Gasteiger partial charge is 0.297 e. The van der Waals surface area contributed by atoms with Crippen LogP contribution in [0.3, 0.4) is 0 Å². The number of hydrogen-bond donors (Lipinski definition) is 0. The summed E-state index contributed by atoms with van der Waals surface area (Å²) in [5.74, 6) is 0. The Labute approximate surface area is 42.1 Å². The minimum absolute atomic E-state index is 0.347. The lowest BCUT2D eigenvalue weighted by Crippen LogP contribution is -1.69. The van der Waals surface area contributed by atoms with Gasteiger partial charge in [0.1, 0.15) is 0 Å². The van der Waals surface area contributed by atoms with Crippen LogP contribution in [0.1, 0.15) is 0 Å². The summed E-state index contributed by atoms with van der Waals surface area (Å²) in [5.41, 5.74) is 0. The molecule has 0 aliphatic carbocycles. The number of allylic oxidation sites excluding steroid dienone is 2. The summed E-state index contributed by atoms with van der Waals surface area (Å²) >= 11 is 0. The van der Waals surface area contributed by atoms with E-state index in [0.29, 0.717) is 6.47 Å². The lowest BCUT2D eigenvalue weighted by atomic mass is 10.6. The summed E-state index contributed by atoms with van der Waals surface area (Å²) in [5, 5.41) is 0. The Kier molecular flexibility index (Phi) is 4.21. The Bertz CT molecular complexity index is 84.1. The first-order valence-corrected chi connectivity index (χ1v) is 1.78. The molecule has 0 saturated heterocycles. The molecule has 0 unspecified atom stereocenters. The van der Waals surface area contributed by atoms with Crippen LogP contribution >= 0.6 is 0 Å². The largest absolute Gasteiger partial charge is 0.437 e. The van der Waals surface area contributed by atoms with E-state index in [1.165, 1.54) is 18.4 Å². The zero-order chi connectivity index (χ0) is 5.54. The van der Waals surface area contributed by atoms with Gasteiger partial charge in [-0.25, -0.2) is 0 Å².